The molecule has 0 aliphatic carbocycles. The van der Waals surface area contributed by atoms with Gasteiger partial charge < -0.3 is 0 Å². The molecule has 2 heteroatoms. The van der Waals surface area contributed by atoms with Crippen LogP contribution in [0, 0.1) is 0 Å². The lowest BCUT2D eigenvalue weighted by Crippen LogP contribution is -2.17. The second-order valence-electron chi connectivity index (χ2n) is 4.17. The van der Waals surface area contributed by atoms with Gasteiger partial charge in [0.1, 0.15) is 5.78 Å². The number of carbonyl (C=O) groups is 1. The molecule has 1 saturated heterocycles. The molecule has 0 aromatic heterocycles. The molecule has 1 rings (SSSR count). The molecule has 0 saturated carbocycles. The number of nitrogens with zero attached hydrogens (tertiary/aromatic N) is 1. The average molecular weight is 155 g/mol. The molecule has 2 atom stereocenters. The van der Waals surface area contributed by atoms with Crippen LogP contribution in [0.15, 0.2) is 0 Å². The maximum Gasteiger partial charge on any atom is 0.148 e. The number of hydrogen-bond acceptors (Lipinski definition) is 2. The minimum Gasteiger partial charge on any atom is -0.298 e. The summed E-state index contributed by atoms with van der Waals surface area (Å²) in [5, 5.41) is 0. The maximum absolute atomic E-state index is 11.1. The third-order valence-electron chi connectivity index (χ3n) is 2.49. The molecule has 11 heavy (non-hydrogen) atoms. The van der Waals surface area contributed by atoms with Crippen LogP contribution < -0.4 is 0 Å². The summed E-state index contributed by atoms with van der Waals surface area (Å²) >= 11 is 0. The van der Waals surface area contributed by atoms with Crippen molar-refractivity contribution in [3.8, 4) is 0 Å². The fourth-order valence-electron chi connectivity index (χ4n) is 2.17. The Morgan fingerprint density at radius 1 is 1.45 bits per heavy atom. The zero-order valence-corrected chi connectivity index (χ0v) is 8.01. The Hall–Kier alpha value is -0.370. The van der Waals surface area contributed by atoms with E-state index in [1.54, 1.807) is 6.92 Å². The van der Waals surface area contributed by atoms with Crippen LogP contribution in [0.4, 0.5) is 0 Å². The van der Waals surface area contributed by atoms with E-state index in [1.807, 2.05) is 0 Å². The molecule has 0 aromatic carbocycles. The molecule has 2 nitrogen and oxygen atoms in total. The van der Waals surface area contributed by atoms with Crippen molar-refractivity contribution in [1.82, 2.24) is 4.90 Å². The summed E-state index contributed by atoms with van der Waals surface area (Å²) in [6, 6.07) is 0.654. The monoisotopic (exact) mass is 155 g/mol. The van der Waals surface area contributed by atoms with Crippen molar-refractivity contribution in [2.75, 3.05) is 0 Å². The largest absolute Gasteiger partial charge is 0.298 e. The zero-order chi connectivity index (χ0) is 8.81. The van der Waals surface area contributed by atoms with Crippen LogP contribution in [0.1, 0.15) is 34.6 Å². The molecule has 2 unspecified atom stereocenters. The first-order chi connectivity index (χ1) is 4.89. The molecule has 0 spiro atoms. The maximum atomic E-state index is 11.1. The lowest BCUT2D eigenvalue weighted by Gasteiger charge is -2.08. The van der Waals surface area contributed by atoms with E-state index in [1.165, 1.54) is 0 Å². The van der Waals surface area contributed by atoms with E-state index in [0.29, 0.717) is 11.8 Å². The smallest absolute Gasteiger partial charge is 0.148 e. The molecule has 1 fully saturated rings. The van der Waals surface area contributed by atoms with Crippen LogP contribution in [0.5, 0.6) is 0 Å². The van der Waals surface area contributed by atoms with Gasteiger partial charge in [-0.2, -0.15) is 0 Å². The molecular weight excluding hydrogens is 138 g/mol. The van der Waals surface area contributed by atoms with Crippen LogP contribution in [0.3, 0.4) is 0 Å². The van der Waals surface area contributed by atoms with Crippen molar-refractivity contribution in [3.63, 3.8) is 0 Å². The minimum absolute atomic E-state index is 0.111. The quantitative estimate of drug-likeness (QED) is 0.562. The van der Waals surface area contributed by atoms with Crippen molar-refractivity contribution >= 4 is 5.78 Å². The van der Waals surface area contributed by atoms with Crippen LogP contribution in [0.25, 0.3) is 0 Å². The predicted octanol–water partition coefficient (Wildman–Crippen LogP) is 1.45. The molecule has 0 amide bonds. The van der Waals surface area contributed by atoms with Gasteiger partial charge in [-0.25, -0.2) is 0 Å². The SMILES string of the molecule is CC(=O)C1N(C(C)C)C1(C)C. The summed E-state index contributed by atoms with van der Waals surface area (Å²) in [6.07, 6.45) is 0. The summed E-state index contributed by atoms with van der Waals surface area (Å²) in [5.41, 5.74) is 0.111. The van der Waals surface area contributed by atoms with Gasteiger partial charge in [0.25, 0.3) is 0 Å². The summed E-state index contributed by atoms with van der Waals surface area (Å²) < 4.78 is 0. The van der Waals surface area contributed by atoms with Gasteiger partial charge in [-0.3, -0.25) is 9.69 Å². The topological polar surface area (TPSA) is 20.1 Å². The highest BCUT2D eigenvalue weighted by molar-refractivity contribution is 5.86. The zero-order valence-electron chi connectivity index (χ0n) is 8.01. The van der Waals surface area contributed by atoms with Gasteiger partial charge in [0, 0.05) is 11.6 Å². The van der Waals surface area contributed by atoms with E-state index in [-0.39, 0.29) is 11.6 Å². The van der Waals surface area contributed by atoms with Crippen molar-refractivity contribution in [2.24, 2.45) is 0 Å². The average Bonchev–Trinajstić information content (AvgIpc) is 2.33. The second kappa shape index (κ2) is 2.31. The molecule has 64 valence electrons. The van der Waals surface area contributed by atoms with Gasteiger partial charge in [-0.15, -0.1) is 0 Å². The highest BCUT2D eigenvalue weighted by Crippen LogP contribution is 2.42. The van der Waals surface area contributed by atoms with Crippen LogP contribution in [-0.4, -0.2) is 28.3 Å². The van der Waals surface area contributed by atoms with E-state index >= 15 is 0 Å². The first kappa shape index (κ1) is 8.72. The number of rotatable bonds is 2. The minimum atomic E-state index is 0.111. The predicted molar refractivity (Wildman–Crippen MR) is 45.5 cm³/mol. The summed E-state index contributed by atoms with van der Waals surface area (Å²) in [7, 11) is 0. The lowest BCUT2D eigenvalue weighted by atomic mass is 10.1. The highest BCUT2D eigenvalue weighted by Gasteiger charge is 2.58. The molecule has 1 heterocycles. The van der Waals surface area contributed by atoms with Crippen LogP contribution in [-0.2, 0) is 4.79 Å². The Balaban J connectivity index is 2.68. The van der Waals surface area contributed by atoms with Crippen molar-refractivity contribution in [3.05, 3.63) is 0 Å². The molecule has 1 aliphatic heterocycles. The normalized spacial score (nSPS) is 34.0. The van der Waals surface area contributed by atoms with Gasteiger partial charge in [-0.1, -0.05) is 0 Å². The third-order valence-corrected chi connectivity index (χ3v) is 2.49. The summed E-state index contributed by atoms with van der Waals surface area (Å²) in [5.74, 6) is 0.295. The lowest BCUT2D eigenvalue weighted by molar-refractivity contribution is -0.117. The van der Waals surface area contributed by atoms with Crippen LogP contribution >= 0.6 is 0 Å². The van der Waals surface area contributed by atoms with Crippen LogP contribution in [0.2, 0.25) is 0 Å². The Morgan fingerprint density at radius 2 is 1.91 bits per heavy atom. The first-order valence-corrected chi connectivity index (χ1v) is 4.18. The number of carbonyl (C=O) groups excluding carboxylic acids is 1. The molecule has 0 radical (unpaired) electrons. The van der Waals surface area contributed by atoms with E-state index in [0.717, 1.165) is 0 Å². The van der Waals surface area contributed by atoms with E-state index in [4.69, 9.17) is 0 Å². The first-order valence-electron chi connectivity index (χ1n) is 4.18. The number of ketones is 1. The van der Waals surface area contributed by atoms with Gasteiger partial charge in [-0.05, 0) is 34.6 Å². The summed E-state index contributed by atoms with van der Waals surface area (Å²) in [6.45, 7) is 10.2. The second-order valence-corrected chi connectivity index (χ2v) is 4.17. The Kier molecular flexibility index (Phi) is 1.83. The molecule has 1 aliphatic rings. The summed E-state index contributed by atoms with van der Waals surface area (Å²) in [4.78, 5) is 13.3. The number of hydrogen-bond donors (Lipinski definition) is 0. The van der Waals surface area contributed by atoms with Gasteiger partial charge >= 0.3 is 0 Å². The van der Waals surface area contributed by atoms with E-state index < -0.39 is 0 Å². The van der Waals surface area contributed by atoms with Crippen molar-refractivity contribution in [2.45, 2.75) is 52.2 Å². The van der Waals surface area contributed by atoms with Crippen molar-refractivity contribution in [1.29, 1.82) is 0 Å². The van der Waals surface area contributed by atoms with E-state index in [2.05, 4.69) is 32.6 Å². The van der Waals surface area contributed by atoms with E-state index in [9.17, 15) is 4.79 Å². The fourth-order valence-corrected chi connectivity index (χ4v) is 2.17. The fraction of sp³-hybridized carbons (Fsp3) is 0.889. The highest BCUT2D eigenvalue weighted by atomic mass is 16.1. The van der Waals surface area contributed by atoms with Gasteiger partial charge in [0.2, 0.25) is 0 Å². The Morgan fingerprint density at radius 3 is 2.00 bits per heavy atom. The third kappa shape index (κ3) is 1.20. The van der Waals surface area contributed by atoms with Crippen molar-refractivity contribution < 1.29 is 4.79 Å². The van der Waals surface area contributed by atoms with Gasteiger partial charge in [0.15, 0.2) is 0 Å². The Bertz CT molecular complexity index is 184. The molecular formula is C9H17NO. The molecule has 0 N–H and O–H groups in total. The Labute approximate surface area is 68.6 Å². The van der Waals surface area contributed by atoms with Gasteiger partial charge in [0.05, 0.1) is 6.04 Å². The number of Topliss-reactive ketones (excluding diaryl/α,β-unsaturated/α-hetero) is 1. The molecule has 0 aromatic rings. The standard InChI is InChI=1S/C9H17NO/c1-6(2)10-8(7(3)11)9(10,4)5/h6,8H,1-5H3. The molecule has 0 bridgehead atoms.